The van der Waals surface area contributed by atoms with Crippen LogP contribution in [0.1, 0.15) is 22.3 Å². The zero-order valence-electron chi connectivity index (χ0n) is 25.9. The van der Waals surface area contributed by atoms with Gasteiger partial charge in [0.05, 0.1) is 51.6 Å². The van der Waals surface area contributed by atoms with E-state index in [4.69, 9.17) is 6.57 Å². The lowest BCUT2D eigenvalue weighted by Gasteiger charge is -2.21. The minimum Gasteiger partial charge on any atom is -0.307 e. The van der Waals surface area contributed by atoms with Gasteiger partial charge < -0.3 is 9.13 Å². The molecule has 230 valence electrons. The van der Waals surface area contributed by atoms with Crippen molar-refractivity contribution in [1.82, 2.24) is 9.13 Å². The molecule has 0 bridgehead atoms. The molecular weight excluding hydrogens is 605 g/mol. The van der Waals surface area contributed by atoms with E-state index >= 15 is 0 Å². The standard InChI is InChI=1S/C41H25F3N4/c1-24-10-8-14-31-29-12-4-6-16-35(29)47(39(24)31)37-20-26(23-45)33(28-19-18-27(41(42,43)44)21-34(28)46-3)22-38(37)48-36-17-7-5-13-30(36)32-15-9-11-25(2)40(32)48/h4-22H,1-2H3. The fraction of sp³-hybridized carbons (Fsp3) is 0.0732. The maximum atomic E-state index is 13.7. The molecule has 2 heterocycles. The summed E-state index contributed by atoms with van der Waals surface area (Å²) in [6, 6.07) is 37.7. The lowest BCUT2D eigenvalue weighted by Crippen LogP contribution is -2.07. The van der Waals surface area contributed by atoms with Gasteiger partial charge in [0.25, 0.3) is 0 Å². The summed E-state index contributed by atoms with van der Waals surface area (Å²) in [6.07, 6.45) is -4.61. The minimum absolute atomic E-state index is 0.175. The minimum atomic E-state index is -4.61. The van der Waals surface area contributed by atoms with Crippen LogP contribution in [0.25, 0.3) is 71.0 Å². The van der Waals surface area contributed by atoms with E-state index < -0.39 is 11.7 Å². The highest BCUT2D eigenvalue weighted by Gasteiger charge is 2.31. The summed E-state index contributed by atoms with van der Waals surface area (Å²) >= 11 is 0. The number of nitriles is 1. The summed E-state index contributed by atoms with van der Waals surface area (Å²) < 4.78 is 45.5. The SMILES string of the molecule is [C-]#[N+]c1cc(C(F)(F)F)ccc1-c1cc(-n2c3ccccc3c3cccc(C)c32)c(-n2c3ccccc3c3cccc(C)c32)cc1C#N. The molecular formula is C41H25F3N4. The second kappa shape index (κ2) is 10.6. The summed E-state index contributed by atoms with van der Waals surface area (Å²) in [5.74, 6) is 0. The molecule has 0 N–H and O–H groups in total. The third-order valence-electron chi connectivity index (χ3n) is 9.25. The van der Waals surface area contributed by atoms with E-state index in [1.165, 1.54) is 6.07 Å². The number of hydrogen-bond donors (Lipinski definition) is 0. The first kappa shape index (κ1) is 29.1. The van der Waals surface area contributed by atoms with Crippen LogP contribution >= 0.6 is 0 Å². The largest absolute Gasteiger partial charge is 0.415 e. The molecule has 2 aromatic heterocycles. The fourth-order valence-corrected chi connectivity index (χ4v) is 7.16. The summed E-state index contributed by atoms with van der Waals surface area (Å²) in [5, 5.41) is 14.8. The van der Waals surface area contributed by atoms with Crippen LogP contribution in [0.4, 0.5) is 18.9 Å². The smallest absolute Gasteiger partial charge is 0.307 e. The van der Waals surface area contributed by atoms with Crippen molar-refractivity contribution < 1.29 is 13.2 Å². The molecule has 0 aliphatic heterocycles. The van der Waals surface area contributed by atoms with Gasteiger partial charge in [-0.25, -0.2) is 4.85 Å². The average Bonchev–Trinajstić information content (AvgIpc) is 3.62. The molecule has 0 saturated carbocycles. The summed E-state index contributed by atoms with van der Waals surface area (Å²) in [7, 11) is 0. The third-order valence-corrected chi connectivity index (χ3v) is 9.25. The molecule has 0 unspecified atom stereocenters. The van der Waals surface area contributed by atoms with Gasteiger partial charge in [0.2, 0.25) is 0 Å². The molecule has 4 nitrogen and oxygen atoms in total. The van der Waals surface area contributed by atoms with Gasteiger partial charge in [-0.3, -0.25) is 0 Å². The van der Waals surface area contributed by atoms with Crippen LogP contribution in [0.2, 0.25) is 0 Å². The molecule has 6 aromatic carbocycles. The first-order valence-corrected chi connectivity index (χ1v) is 15.4. The lowest BCUT2D eigenvalue weighted by molar-refractivity contribution is -0.137. The van der Waals surface area contributed by atoms with E-state index in [1.807, 2.05) is 48.5 Å². The van der Waals surface area contributed by atoms with Gasteiger partial charge in [-0.2, -0.15) is 18.4 Å². The molecule has 0 saturated heterocycles. The molecule has 0 spiro atoms. The van der Waals surface area contributed by atoms with Crippen molar-refractivity contribution >= 4 is 49.3 Å². The van der Waals surface area contributed by atoms with Crippen molar-refractivity contribution in [1.29, 1.82) is 5.26 Å². The van der Waals surface area contributed by atoms with Crippen molar-refractivity contribution in [2.75, 3.05) is 0 Å². The highest BCUT2D eigenvalue weighted by atomic mass is 19.4. The number of rotatable bonds is 3. The number of hydrogen-bond acceptors (Lipinski definition) is 1. The second-order valence-corrected chi connectivity index (χ2v) is 12.0. The first-order valence-electron chi connectivity index (χ1n) is 15.4. The van der Waals surface area contributed by atoms with E-state index in [9.17, 15) is 18.4 Å². The number of nitrogens with zero attached hydrogens (tertiary/aromatic N) is 4. The normalized spacial score (nSPS) is 11.8. The summed E-state index contributed by atoms with van der Waals surface area (Å²) in [6.45, 7) is 11.9. The molecule has 0 aliphatic carbocycles. The van der Waals surface area contributed by atoms with Gasteiger partial charge in [-0.15, -0.1) is 0 Å². The van der Waals surface area contributed by atoms with Gasteiger partial charge in [0.1, 0.15) is 0 Å². The average molecular weight is 631 g/mol. The van der Waals surface area contributed by atoms with E-state index in [2.05, 4.69) is 82.4 Å². The monoisotopic (exact) mass is 630 g/mol. The molecule has 0 radical (unpaired) electrons. The van der Waals surface area contributed by atoms with Crippen LogP contribution in [0.5, 0.6) is 0 Å². The Morgan fingerprint density at radius 2 is 1.15 bits per heavy atom. The van der Waals surface area contributed by atoms with Crippen molar-refractivity contribution in [3.63, 3.8) is 0 Å². The Bertz CT molecular complexity index is 2710. The summed E-state index contributed by atoms with van der Waals surface area (Å²) in [4.78, 5) is 3.50. The molecule has 0 aliphatic rings. The topological polar surface area (TPSA) is 38.0 Å². The van der Waals surface area contributed by atoms with Crippen LogP contribution < -0.4 is 0 Å². The third kappa shape index (κ3) is 4.22. The Balaban J connectivity index is 1.58. The second-order valence-electron chi connectivity index (χ2n) is 12.0. The van der Waals surface area contributed by atoms with E-state index in [0.29, 0.717) is 5.56 Å². The number of aromatic nitrogens is 2. The Kier molecular flexibility index (Phi) is 6.44. The van der Waals surface area contributed by atoms with Crippen molar-refractivity contribution in [3.8, 4) is 28.6 Å². The van der Waals surface area contributed by atoms with Crippen LogP contribution in [0, 0.1) is 31.8 Å². The van der Waals surface area contributed by atoms with Crippen molar-refractivity contribution in [2.45, 2.75) is 20.0 Å². The van der Waals surface area contributed by atoms with E-state index in [-0.39, 0.29) is 16.8 Å². The fourth-order valence-electron chi connectivity index (χ4n) is 7.16. The lowest BCUT2D eigenvalue weighted by atomic mass is 9.95. The maximum Gasteiger partial charge on any atom is 0.415 e. The Labute approximate surface area is 273 Å². The van der Waals surface area contributed by atoms with Crippen LogP contribution in [-0.4, -0.2) is 9.13 Å². The number of para-hydroxylation sites is 4. The number of halogens is 3. The highest BCUT2D eigenvalue weighted by Crippen LogP contribution is 2.44. The van der Waals surface area contributed by atoms with Gasteiger partial charge in [-0.1, -0.05) is 84.9 Å². The number of aryl methyl sites for hydroxylation is 2. The Morgan fingerprint density at radius 3 is 1.67 bits per heavy atom. The number of alkyl halides is 3. The number of fused-ring (bicyclic) bond motifs is 6. The van der Waals surface area contributed by atoms with Gasteiger partial charge >= 0.3 is 6.18 Å². The highest BCUT2D eigenvalue weighted by molar-refractivity contribution is 6.12. The zero-order chi connectivity index (χ0) is 33.3. The van der Waals surface area contributed by atoms with E-state index in [1.54, 1.807) is 0 Å². The first-order chi connectivity index (χ1) is 23.2. The van der Waals surface area contributed by atoms with Gasteiger partial charge in [0.15, 0.2) is 5.69 Å². The predicted molar refractivity (Wildman–Crippen MR) is 186 cm³/mol. The van der Waals surface area contributed by atoms with Crippen LogP contribution in [0.15, 0.2) is 115 Å². The Morgan fingerprint density at radius 1 is 0.625 bits per heavy atom. The van der Waals surface area contributed by atoms with Gasteiger partial charge in [-0.05, 0) is 66.4 Å². The van der Waals surface area contributed by atoms with Crippen molar-refractivity contribution in [2.24, 2.45) is 0 Å². The zero-order valence-corrected chi connectivity index (χ0v) is 25.9. The molecule has 8 rings (SSSR count). The molecule has 0 fully saturated rings. The Hall–Kier alpha value is -6.31. The van der Waals surface area contributed by atoms with Crippen LogP contribution in [0.3, 0.4) is 0 Å². The molecule has 48 heavy (non-hydrogen) atoms. The quantitative estimate of drug-likeness (QED) is 0.179. The number of benzene rings is 6. The molecule has 0 amide bonds. The predicted octanol–water partition coefficient (Wildman–Crippen LogP) is 11.6. The molecule has 7 heteroatoms. The summed E-state index contributed by atoms with van der Waals surface area (Å²) in [5.41, 5.74) is 7.21. The van der Waals surface area contributed by atoms with Crippen molar-refractivity contribution in [3.05, 3.63) is 149 Å². The van der Waals surface area contributed by atoms with Crippen LogP contribution in [-0.2, 0) is 6.18 Å². The maximum absolute atomic E-state index is 13.7. The van der Waals surface area contributed by atoms with Gasteiger partial charge in [0, 0.05) is 27.1 Å². The molecule has 8 aromatic rings. The molecule has 0 atom stereocenters. The van der Waals surface area contributed by atoms with E-state index in [0.717, 1.165) is 78.2 Å².